The highest BCUT2D eigenvalue weighted by Crippen LogP contribution is 2.31. The molecule has 0 radical (unpaired) electrons. The van der Waals surface area contributed by atoms with E-state index in [2.05, 4.69) is 40.1 Å². The number of hydrogen-bond acceptors (Lipinski definition) is 5. The number of benzene rings is 3. The molecule has 5 nitrogen and oxygen atoms in total. The van der Waals surface area contributed by atoms with Gasteiger partial charge in [0.15, 0.2) is 0 Å². The standard InChI is InChI=1S/C30H36Cl2N2O3/c1-35-26-9-4-7-24(23-26)13-14-25-8-2-3-11-28(25)36-21-6-15-33-16-18-34(19-17-33)20-22-37-29-12-5-10-27(31)30(29)32/h2-5,7-12,23H,6,13-22H2,1H3. The molecule has 0 spiro atoms. The summed E-state index contributed by atoms with van der Waals surface area (Å²) in [6.45, 7) is 7.47. The minimum Gasteiger partial charge on any atom is -0.497 e. The summed E-state index contributed by atoms with van der Waals surface area (Å²) in [5.41, 5.74) is 2.52. The summed E-state index contributed by atoms with van der Waals surface area (Å²) < 4.78 is 17.4. The van der Waals surface area contributed by atoms with Crippen LogP contribution < -0.4 is 14.2 Å². The SMILES string of the molecule is COc1cccc(CCc2ccccc2OCCCN2CCN(CCOc3cccc(Cl)c3Cl)CC2)c1. The zero-order valence-corrected chi connectivity index (χ0v) is 23.0. The van der Waals surface area contributed by atoms with E-state index < -0.39 is 0 Å². The highest BCUT2D eigenvalue weighted by atomic mass is 35.5. The summed E-state index contributed by atoms with van der Waals surface area (Å²) in [5.74, 6) is 2.54. The lowest BCUT2D eigenvalue weighted by molar-refractivity contribution is 0.112. The largest absolute Gasteiger partial charge is 0.497 e. The number of rotatable bonds is 13. The molecule has 0 amide bonds. The van der Waals surface area contributed by atoms with E-state index in [4.69, 9.17) is 37.4 Å². The van der Waals surface area contributed by atoms with Crippen LogP contribution in [0.1, 0.15) is 17.5 Å². The molecule has 0 bridgehead atoms. The second kappa shape index (κ2) is 14.5. The first-order chi connectivity index (χ1) is 18.1. The molecule has 1 fully saturated rings. The molecule has 3 aromatic carbocycles. The molecule has 1 heterocycles. The maximum absolute atomic E-state index is 6.20. The zero-order chi connectivity index (χ0) is 25.9. The maximum Gasteiger partial charge on any atom is 0.139 e. The normalized spacial score (nSPS) is 14.5. The van der Waals surface area contributed by atoms with Gasteiger partial charge in [-0.05, 0) is 60.7 Å². The van der Waals surface area contributed by atoms with Gasteiger partial charge in [0.2, 0.25) is 0 Å². The van der Waals surface area contributed by atoms with Crippen LogP contribution in [0.4, 0.5) is 0 Å². The quantitative estimate of drug-likeness (QED) is 0.238. The Bertz CT molecular complexity index is 1120. The fourth-order valence-corrected chi connectivity index (χ4v) is 4.89. The second-order valence-electron chi connectivity index (χ2n) is 9.24. The zero-order valence-electron chi connectivity index (χ0n) is 21.5. The third-order valence-electron chi connectivity index (χ3n) is 6.71. The van der Waals surface area contributed by atoms with Gasteiger partial charge >= 0.3 is 0 Å². The fourth-order valence-electron chi connectivity index (χ4n) is 4.55. The van der Waals surface area contributed by atoms with E-state index in [1.165, 1.54) is 11.1 Å². The highest BCUT2D eigenvalue weighted by molar-refractivity contribution is 6.42. The molecule has 0 unspecified atom stereocenters. The van der Waals surface area contributed by atoms with Crippen LogP contribution in [0.2, 0.25) is 10.0 Å². The first-order valence-corrected chi connectivity index (χ1v) is 13.7. The van der Waals surface area contributed by atoms with Crippen molar-refractivity contribution < 1.29 is 14.2 Å². The number of hydrogen-bond donors (Lipinski definition) is 0. The molecular formula is C30H36Cl2N2O3. The van der Waals surface area contributed by atoms with Crippen molar-refractivity contribution >= 4 is 23.2 Å². The van der Waals surface area contributed by atoms with Gasteiger partial charge in [0, 0.05) is 39.3 Å². The number of para-hydroxylation sites is 1. The Hall–Kier alpha value is -2.44. The molecule has 3 aromatic rings. The molecule has 7 heteroatoms. The average molecular weight is 544 g/mol. The molecular weight excluding hydrogens is 507 g/mol. The van der Waals surface area contributed by atoms with Crippen LogP contribution >= 0.6 is 23.2 Å². The van der Waals surface area contributed by atoms with E-state index in [1.54, 1.807) is 13.2 Å². The van der Waals surface area contributed by atoms with Crippen molar-refractivity contribution in [3.63, 3.8) is 0 Å². The average Bonchev–Trinajstić information content (AvgIpc) is 2.93. The lowest BCUT2D eigenvalue weighted by Crippen LogP contribution is -2.47. The lowest BCUT2D eigenvalue weighted by atomic mass is 10.0. The van der Waals surface area contributed by atoms with Crippen LogP contribution in [0, 0.1) is 0 Å². The van der Waals surface area contributed by atoms with E-state index in [9.17, 15) is 0 Å². The minimum atomic E-state index is 0.482. The topological polar surface area (TPSA) is 34.2 Å². The summed E-state index contributed by atoms with van der Waals surface area (Å²) in [4.78, 5) is 4.95. The molecule has 198 valence electrons. The molecule has 4 rings (SSSR count). The van der Waals surface area contributed by atoms with Gasteiger partial charge in [0.25, 0.3) is 0 Å². The monoisotopic (exact) mass is 542 g/mol. The van der Waals surface area contributed by atoms with Crippen molar-refractivity contribution in [2.24, 2.45) is 0 Å². The van der Waals surface area contributed by atoms with E-state index >= 15 is 0 Å². The van der Waals surface area contributed by atoms with Crippen LogP contribution in [-0.4, -0.2) is 69.4 Å². The number of methoxy groups -OCH3 is 1. The van der Waals surface area contributed by atoms with Crippen LogP contribution in [0.3, 0.4) is 0 Å². The van der Waals surface area contributed by atoms with Gasteiger partial charge in [-0.1, -0.05) is 59.6 Å². The van der Waals surface area contributed by atoms with Crippen molar-refractivity contribution in [3.05, 3.63) is 87.9 Å². The molecule has 37 heavy (non-hydrogen) atoms. The molecule has 0 aliphatic carbocycles. The fraction of sp³-hybridized carbons (Fsp3) is 0.400. The number of piperazine rings is 1. The molecule has 0 saturated carbocycles. The lowest BCUT2D eigenvalue weighted by Gasteiger charge is -2.34. The van der Waals surface area contributed by atoms with Crippen LogP contribution in [0.15, 0.2) is 66.7 Å². The first-order valence-electron chi connectivity index (χ1n) is 13.0. The van der Waals surface area contributed by atoms with Crippen LogP contribution in [-0.2, 0) is 12.8 Å². The number of nitrogens with zero attached hydrogens (tertiary/aromatic N) is 2. The summed E-state index contributed by atoms with van der Waals surface area (Å²) >= 11 is 12.3. The minimum absolute atomic E-state index is 0.482. The third kappa shape index (κ3) is 8.54. The molecule has 1 aliphatic heterocycles. The van der Waals surface area contributed by atoms with E-state index in [1.807, 2.05) is 30.3 Å². The van der Waals surface area contributed by atoms with Gasteiger partial charge in [-0.25, -0.2) is 0 Å². The third-order valence-corrected chi connectivity index (χ3v) is 7.51. The van der Waals surface area contributed by atoms with E-state index in [0.29, 0.717) is 22.4 Å². The van der Waals surface area contributed by atoms with Crippen molar-refractivity contribution in [3.8, 4) is 17.2 Å². The molecule has 0 aromatic heterocycles. The number of aryl methyl sites for hydroxylation is 2. The van der Waals surface area contributed by atoms with Gasteiger partial charge in [-0.15, -0.1) is 0 Å². The molecule has 1 aliphatic rings. The summed E-state index contributed by atoms with van der Waals surface area (Å²) in [6, 6.07) is 22.1. The Morgan fingerprint density at radius 1 is 0.730 bits per heavy atom. The number of ether oxygens (including phenoxy) is 3. The summed E-state index contributed by atoms with van der Waals surface area (Å²) in [6.07, 6.45) is 2.91. The Kier molecular flexibility index (Phi) is 10.8. The van der Waals surface area contributed by atoms with Gasteiger partial charge in [0.05, 0.1) is 18.7 Å². The summed E-state index contributed by atoms with van der Waals surface area (Å²) in [7, 11) is 1.71. The van der Waals surface area contributed by atoms with Crippen molar-refractivity contribution in [2.75, 3.05) is 59.6 Å². The predicted octanol–water partition coefficient (Wildman–Crippen LogP) is 6.25. The Morgan fingerprint density at radius 2 is 1.43 bits per heavy atom. The van der Waals surface area contributed by atoms with Crippen molar-refractivity contribution in [1.29, 1.82) is 0 Å². The molecule has 0 N–H and O–H groups in total. The van der Waals surface area contributed by atoms with Gasteiger partial charge in [0.1, 0.15) is 28.9 Å². The molecule has 0 atom stereocenters. The summed E-state index contributed by atoms with van der Waals surface area (Å²) in [5, 5.41) is 1.00. The second-order valence-corrected chi connectivity index (χ2v) is 10.0. The highest BCUT2D eigenvalue weighted by Gasteiger charge is 2.17. The van der Waals surface area contributed by atoms with Crippen molar-refractivity contribution in [1.82, 2.24) is 9.80 Å². The molecule has 1 saturated heterocycles. The first kappa shape index (κ1) is 27.6. The van der Waals surface area contributed by atoms with Crippen LogP contribution in [0.5, 0.6) is 17.2 Å². The number of halogens is 2. The predicted molar refractivity (Wildman–Crippen MR) is 152 cm³/mol. The Balaban J connectivity index is 1.12. The van der Waals surface area contributed by atoms with E-state index in [-0.39, 0.29) is 0 Å². The maximum atomic E-state index is 6.20. The van der Waals surface area contributed by atoms with Crippen LogP contribution in [0.25, 0.3) is 0 Å². The van der Waals surface area contributed by atoms with E-state index in [0.717, 1.165) is 76.6 Å². The van der Waals surface area contributed by atoms with Gasteiger partial charge in [-0.3, -0.25) is 4.90 Å². The van der Waals surface area contributed by atoms with Crippen molar-refractivity contribution in [2.45, 2.75) is 19.3 Å². The Morgan fingerprint density at radius 3 is 2.24 bits per heavy atom. The van der Waals surface area contributed by atoms with Gasteiger partial charge < -0.3 is 19.1 Å². The van der Waals surface area contributed by atoms with Gasteiger partial charge in [-0.2, -0.15) is 0 Å². The smallest absolute Gasteiger partial charge is 0.139 e. The Labute approximate surface area is 230 Å².